The molecule has 0 radical (unpaired) electrons. The van der Waals surface area contributed by atoms with Gasteiger partial charge in [-0.05, 0) is 49.9 Å². The number of carbonyl (C=O) groups is 2. The molecule has 2 aliphatic rings. The van der Waals surface area contributed by atoms with E-state index in [-0.39, 0.29) is 16.8 Å². The monoisotopic (exact) mass is 384 g/mol. The highest BCUT2D eigenvalue weighted by molar-refractivity contribution is 7.89. The molecule has 2 unspecified atom stereocenters. The van der Waals surface area contributed by atoms with Gasteiger partial charge >= 0.3 is 5.97 Å². The smallest absolute Gasteiger partial charge is 0.307 e. The average Bonchev–Trinajstić information content (AvgIpc) is 2.54. The Morgan fingerprint density at radius 3 is 2.12 bits per heavy atom. The van der Waals surface area contributed by atoms with Crippen LogP contribution in [0.1, 0.15) is 25.7 Å². The summed E-state index contributed by atoms with van der Waals surface area (Å²) in [5.74, 6) is -2.65. The summed E-state index contributed by atoms with van der Waals surface area (Å²) in [6, 6.07) is 4.28. The van der Waals surface area contributed by atoms with Crippen LogP contribution in [0.25, 0.3) is 0 Å². The summed E-state index contributed by atoms with van der Waals surface area (Å²) < 4.78 is 40.2. The van der Waals surface area contributed by atoms with E-state index in [0.29, 0.717) is 38.8 Å². The van der Waals surface area contributed by atoms with Crippen LogP contribution in [-0.2, 0) is 19.6 Å². The first-order chi connectivity index (χ1) is 12.3. The highest BCUT2D eigenvalue weighted by atomic mass is 32.2. The second-order valence-corrected chi connectivity index (χ2v) is 8.52. The van der Waals surface area contributed by atoms with E-state index in [4.69, 9.17) is 5.11 Å². The number of sulfonamides is 1. The zero-order valence-corrected chi connectivity index (χ0v) is 14.9. The topological polar surface area (TPSA) is 104 Å². The quantitative estimate of drug-likeness (QED) is 0.794. The third kappa shape index (κ3) is 3.88. The van der Waals surface area contributed by atoms with Gasteiger partial charge in [0.15, 0.2) is 0 Å². The predicted octanol–water partition coefficient (Wildman–Crippen LogP) is 1.21. The standard InChI is InChI=1S/C17H21FN2O5S/c18-11-1-3-13(4-2-11)26(24,25)19-12-7-9-20(10-8-12)16(21)14-5-6-15(14)17(22)23/h1-4,12,14-15,19H,5-10H2,(H,22,23). The maximum Gasteiger partial charge on any atom is 0.307 e. The first kappa shape index (κ1) is 18.8. The molecule has 1 heterocycles. The number of likely N-dealkylation sites (tertiary alicyclic amines) is 1. The Kier molecular flexibility index (Phi) is 5.29. The number of halogens is 1. The molecule has 3 rings (SSSR count). The Morgan fingerprint density at radius 1 is 1.04 bits per heavy atom. The molecule has 1 saturated heterocycles. The van der Waals surface area contributed by atoms with Gasteiger partial charge in [-0.25, -0.2) is 17.5 Å². The lowest BCUT2D eigenvalue weighted by Gasteiger charge is -2.39. The summed E-state index contributed by atoms with van der Waals surface area (Å²) >= 11 is 0. The number of rotatable bonds is 5. The highest BCUT2D eigenvalue weighted by Gasteiger charge is 2.43. The summed E-state index contributed by atoms with van der Waals surface area (Å²) in [6.45, 7) is 0.774. The van der Waals surface area contributed by atoms with Crippen molar-refractivity contribution in [1.82, 2.24) is 9.62 Å². The summed E-state index contributed by atoms with van der Waals surface area (Å²) in [5, 5.41) is 9.08. The molecule has 1 aliphatic heterocycles. The van der Waals surface area contributed by atoms with Gasteiger partial charge in [-0.1, -0.05) is 0 Å². The lowest BCUT2D eigenvalue weighted by molar-refractivity contribution is -0.157. The minimum absolute atomic E-state index is 0.00354. The average molecular weight is 384 g/mol. The number of nitrogens with zero attached hydrogens (tertiary/aromatic N) is 1. The number of carboxylic acid groups (broad SMARTS) is 1. The van der Waals surface area contributed by atoms with E-state index in [9.17, 15) is 22.4 Å². The minimum Gasteiger partial charge on any atom is -0.481 e. The van der Waals surface area contributed by atoms with Crippen LogP contribution in [0.4, 0.5) is 4.39 Å². The number of piperidine rings is 1. The molecular formula is C17H21FN2O5S. The molecule has 2 N–H and O–H groups in total. The Hall–Kier alpha value is -2.00. The van der Waals surface area contributed by atoms with Crippen molar-refractivity contribution in [3.63, 3.8) is 0 Å². The maximum absolute atomic E-state index is 12.9. The second-order valence-electron chi connectivity index (χ2n) is 6.80. The lowest BCUT2D eigenvalue weighted by atomic mass is 9.72. The van der Waals surface area contributed by atoms with Crippen LogP contribution in [0.15, 0.2) is 29.2 Å². The second kappa shape index (κ2) is 7.32. The van der Waals surface area contributed by atoms with Crippen LogP contribution in [0.3, 0.4) is 0 Å². The molecule has 1 aromatic rings. The van der Waals surface area contributed by atoms with Gasteiger partial charge in [0.1, 0.15) is 5.82 Å². The first-order valence-electron chi connectivity index (χ1n) is 8.57. The van der Waals surface area contributed by atoms with Crippen molar-refractivity contribution in [3.8, 4) is 0 Å². The SMILES string of the molecule is O=C(O)C1CCC1C(=O)N1CCC(NS(=O)(=O)c2ccc(F)cc2)CC1. The van der Waals surface area contributed by atoms with Gasteiger partial charge in [-0.15, -0.1) is 0 Å². The Labute approximate surface area is 151 Å². The van der Waals surface area contributed by atoms with E-state index < -0.39 is 33.6 Å². The number of hydrogen-bond donors (Lipinski definition) is 2. The fourth-order valence-electron chi connectivity index (χ4n) is 3.44. The Bertz CT molecular complexity index is 788. The van der Waals surface area contributed by atoms with Gasteiger partial charge in [0.2, 0.25) is 15.9 Å². The van der Waals surface area contributed by atoms with Crippen LogP contribution in [0.5, 0.6) is 0 Å². The largest absolute Gasteiger partial charge is 0.481 e. The predicted molar refractivity (Wildman–Crippen MR) is 90.2 cm³/mol. The number of aliphatic carboxylic acids is 1. The van der Waals surface area contributed by atoms with Crippen LogP contribution in [-0.4, -0.2) is 49.4 Å². The van der Waals surface area contributed by atoms with Crippen molar-refractivity contribution >= 4 is 21.9 Å². The van der Waals surface area contributed by atoms with Crippen LogP contribution >= 0.6 is 0 Å². The molecule has 9 heteroatoms. The van der Waals surface area contributed by atoms with Crippen LogP contribution in [0.2, 0.25) is 0 Å². The van der Waals surface area contributed by atoms with E-state index in [2.05, 4.69) is 4.72 Å². The van der Waals surface area contributed by atoms with E-state index in [1.807, 2.05) is 0 Å². The number of carboxylic acids is 1. The van der Waals surface area contributed by atoms with Gasteiger partial charge in [0, 0.05) is 19.1 Å². The van der Waals surface area contributed by atoms with Crippen molar-refractivity contribution in [2.45, 2.75) is 36.6 Å². The van der Waals surface area contributed by atoms with Crippen molar-refractivity contribution in [3.05, 3.63) is 30.1 Å². The van der Waals surface area contributed by atoms with Crippen molar-refractivity contribution in [1.29, 1.82) is 0 Å². The molecule has 2 fully saturated rings. The molecule has 0 spiro atoms. The van der Waals surface area contributed by atoms with Gasteiger partial charge in [0.25, 0.3) is 0 Å². The summed E-state index contributed by atoms with van der Waals surface area (Å²) in [4.78, 5) is 25.1. The van der Waals surface area contributed by atoms with Gasteiger partial charge in [-0.2, -0.15) is 0 Å². The maximum atomic E-state index is 12.9. The fourth-order valence-corrected chi connectivity index (χ4v) is 4.75. The number of nitrogens with one attached hydrogen (secondary N) is 1. The van der Waals surface area contributed by atoms with E-state index >= 15 is 0 Å². The molecule has 26 heavy (non-hydrogen) atoms. The minimum atomic E-state index is -3.74. The zero-order valence-electron chi connectivity index (χ0n) is 14.1. The number of carbonyl (C=O) groups excluding carboxylic acids is 1. The van der Waals surface area contributed by atoms with E-state index in [0.717, 1.165) is 12.1 Å². The van der Waals surface area contributed by atoms with Crippen molar-refractivity contribution in [2.75, 3.05) is 13.1 Å². The molecule has 0 aromatic heterocycles. The van der Waals surface area contributed by atoms with Crippen LogP contribution < -0.4 is 4.72 Å². The molecule has 142 valence electrons. The third-order valence-electron chi connectivity index (χ3n) is 5.16. The first-order valence-corrected chi connectivity index (χ1v) is 10.1. The number of hydrogen-bond acceptors (Lipinski definition) is 4. The van der Waals surface area contributed by atoms with Crippen molar-refractivity contribution < 1.29 is 27.5 Å². The van der Waals surface area contributed by atoms with Crippen molar-refractivity contribution in [2.24, 2.45) is 11.8 Å². The third-order valence-corrected chi connectivity index (χ3v) is 6.70. The molecule has 1 amide bonds. The summed E-state index contributed by atoms with van der Waals surface area (Å²) in [6.07, 6.45) is 2.03. The molecule has 1 aliphatic carbocycles. The molecule has 0 bridgehead atoms. The summed E-state index contributed by atoms with van der Waals surface area (Å²) in [5.41, 5.74) is 0. The Morgan fingerprint density at radius 2 is 1.62 bits per heavy atom. The van der Waals surface area contributed by atoms with E-state index in [1.54, 1.807) is 4.90 Å². The van der Waals surface area contributed by atoms with Gasteiger partial charge in [0.05, 0.1) is 16.7 Å². The lowest BCUT2D eigenvalue weighted by Crippen LogP contribution is -2.51. The molecule has 7 nitrogen and oxygen atoms in total. The molecule has 1 saturated carbocycles. The van der Waals surface area contributed by atoms with Gasteiger partial charge in [-0.3, -0.25) is 9.59 Å². The summed E-state index contributed by atoms with van der Waals surface area (Å²) in [7, 11) is -3.74. The number of amides is 1. The van der Waals surface area contributed by atoms with E-state index in [1.165, 1.54) is 12.1 Å². The molecule has 2 atom stereocenters. The molecule has 1 aromatic carbocycles. The number of benzene rings is 1. The normalized spacial score (nSPS) is 24.1. The van der Waals surface area contributed by atoms with Crippen LogP contribution in [0, 0.1) is 17.7 Å². The molecular weight excluding hydrogens is 363 g/mol. The van der Waals surface area contributed by atoms with Gasteiger partial charge < -0.3 is 10.0 Å². The fraction of sp³-hybridized carbons (Fsp3) is 0.529. The highest BCUT2D eigenvalue weighted by Crippen LogP contribution is 2.36. The Balaban J connectivity index is 1.54. The zero-order chi connectivity index (χ0) is 18.9.